The second kappa shape index (κ2) is 11.0. The molecule has 0 aliphatic carbocycles. The van der Waals surface area contributed by atoms with Crippen molar-refractivity contribution in [1.82, 2.24) is 9.80 Å². The van der Waals surface area contributed by atoms with Crippen molar-refractivity contribution in [1.29, 1.82) is 0 Å². The van der Waals surface area contributed by atoms with E-state index >= 15 is 0 Å². The molecule has 1 unspecified atom stereocenters. The van der Waals surface area contributed by atoms with Crippen molar-refractivity contribution in [3.05, 3.63) is 68.8 Å². The molecule has 1 saturated heterocycles. The van der Waals surface area contributed by atoms with Crippen LogP contribution >= 0.6 is 22.6 Å². The van der Waals surface area contributed by atoms with Crippen molar-refractivity contribution < 1.29 is 19.4 Å². The largest absolute Gasteiger partial charge is 0.507 e. The third kappa shape index (κ3) is 5.15. The van der Waals surface area contributed by atoms with Gasteiger partial charge in [0.1, 0.15) is 11.5 Å². The molecule has 1 atom stereocenters. The number of carbonyl (C=O) groups excluding carboxylic acids is 2. The van der Waals surface area contributed by atoms with Gasteiger partial charge in [-0.15, -0.1) is 0 Å². The molecule has 1 amide bonds. The number of aliphatic hydroxyl groups is 1. The first-order valence-corrected chi connectivity index (χ1v) is 12.0. The van der Waals surface area contributed by atoms with E-state index in [9.17, 15) is 14.7 Å². The molecule has 32 heavy (non-hydrogen) atoms. The summed E-state index contributed by atoms with van der Waals surface area (Å²) < 4.78 is 6.59. The van der Waals surface area contributed by atoms with Crippen LogP contribution in [0.2, 0.25) is 0 Å². The van der Waals surface area contributed by atoms with Crippen LogP contribution in [0.1, 0.15) is 37.9 Å². The fraction of sp³-hybridized carbons (Fsp3) is 0.360. The standard InChI is InChI=1S/C25H29IN2O4/c1-4-27(5-2)14-15-28-22(17-10-12-19(26)13-11-17)21(24(30)25(28)31)23(29)18-8-7-9-20(16-18)32-6-3/h7-13,16,22,29H,4-6,14-15H2,1-3H3. The summed E-state index contributed by atoms with van der Waals surface area (Å²) in [5, 5.41) is 11.2. The third-order valence-corrected chi connectivity index (χ3v) is 6.41. The zero-order chi connectivity index (χ0) is 23.3. The van der Waals surface area contributed by atoms with Gasteiger partial charge in [-0.05, 0) is 72.4 Å². The van der Waals surface area contributed by atoms with Gasteiger partial charge in [0.2, 0.25) is 0 Å². The minimum atomic E-state index is -0.660. The van der Waals surface area contributed by atoms with Gasteiger partial charge in [-0.1, -0.05) is 38.1 Å². The maximum atomic E-state index is 13.1. The first-order chi connectivity index (χ1) is 15.4. The highest BCUT2D eigenvalue weighted by molar-refractivity contribution is 14.1. The zero-order valence-corrected chi connectivity index (χ0v) is 20.8. The number of amides is 1. The molecule has 1 fully saturated rings. The van der Waals surface area contributed by atoms with Crippen molar-refractivity contribution in [2.45, 2.75) is 26.8 Å². The van der Waals surface area contributed by atoms with Gasteiger partial charge in [0.15, 0.2) is 0 Å². The van der Waals surface area contributed by atoms with Crippen LogP contribution in [0, 0.1) is 3.57 Å². The molecule has 170 valence electrons. The normalized spacial score (nSPS) is 17.9. The third-order valence-electron chi connectivity index (χ3n) is 5.70. The Hall–Kier alpha value is -2.39. The van der Waals surface area contributed by atoms with E-state index in [0.29, 0.717) is 31.0 Å². The number of hydrogen-bond donors (Lipinski definition) is 1. The van der Waals surface area contributed by atoms with Gasteiger partial charge >= 0.3 is 0 Å². The number of Topliss-reactive ketones (excluding diaryl/α,β-unsaturated/α-hetero) is 1. The summed E-state index contributed by atoms with van der Waals surface area (Å²) in [4.78, 5) is 30.0. The summed E-state index contributed by atoms with van der Waals surface area (Å²) in [6.45, 7) is 9.28. The van der Waals surface area contributed by atoms with E-state index in [1.807, 2.05) is 31.2 Å². The van der Waals surface area contributed by atoms with Crippen molar-refractivity contribution >= 4 is 40.0 Å². The Morgan fingerprint density at radius 3 is 2.41 bits per heavy atom. The molecule has 0 bridgehead atoms. The van der Waals surface area contributed by atoms with E-state index in [1.165, 1.54) is 0 Å². The van der Waals surface area contributed by atoms with Crippen molar-refractivity contribution in [2.24, 2.45) is 0 Å². The van der Waals surface area contributed by atoms with E-state index in [2.05, 4.69) is 41.3 Å². The Kier molecular flexibility index (Phi) is 8.31. The second-order valence-electron chi connectivity index (χ2n) is 7.53. The summed E-state index contributed by atoms with van der Waals surface area (Å²) in [7, 11) is 0. The number of hydrogen-bond acceptors (Lipinski definition) is 5. The predicted molar refractivity (Wildman–Crippen MR) is 134 cm³/mol. The first kappa shape index (κ1) is 24.3. The van der Waals surface area contributed by atoms with E-state index < -0.39 is 17.7 Å². The van der Waals surface area contributed by atoms with Crippen molar-refractivity contribution in [3.8, 4) is 5.75 Å². The Bertz CT molecular complexity index is 999. The summed E-state index contributed by atoms with van der Waals surface area (Å²) in [6.07, 6.45) is 0. The van der Waals surface area contributed by atoms with Crippen LogP contribution in [-0.2, 0) is 9.59 Å². The highest BCUT2D eigenvalue weighted by Crippen LogP contribution is 2.39. The number of rotatable bonds is 9. The Morgan fingerprint density at radius 1 is 1.09 bits per heavy atom. The molecule has 6 nitrogen and oxygen atoms in total. The lowest BCUT2D eigenvalue weighted by atomic mass is 9.95. The van der Waals surface area contributed by atoms with Gasteiger partial charge in [0, 0.05) is 22.2 Å². The van der Waals surface area contributed by atoms with E-state index in [0.717, 1.165) is 22.2 Å². The molecule has 0 aromatic heterocycles. The van der Waals surface area contributed by atoms with E-state index in [1.54, 1.807) is 29.2 Å². The second-order valence-corrected chi connectivity index (χ2v) is 8.78. The number of likely N-dealkylation sites (tertiary alicyclic amines) is 1. The molecule has 1 aliphatic rings. The lowest BCUT2D eigenvalue weighted by Crippen LogP contribution is -2.38. The highest BCUT2D eigenvalue weighted by Gasteiger charge is 2.45. The topological polar surface area (TPSA) is 70.1 Å². The molecule has 0 spiro atoms. The van der Waals surface area contributed by atoms with Crippen LogP contribution < -0.4 is 4.74 Å². The summed E-state index contributed by atoms with van der Waals surface area (Å²) in [6, 6.07) is 14.0. The van der Waals surface area contributed by atoms with Crippen molar-refractivity contribution in [3.63, 3.8) is 0 Å². The van der Waals surface area contributed by atoms with E-state index in [4.69, 9.17) is 4.74 Å². The number of ketones is 1. The first-order valence-electron chi connectivity index (χ1n) is 10.9. The Labute approximate surface area is 203 Å². The number of nitrogens with zero attached hydrogens (tertiary/aromatic N) is 2. The summed E-state index contributed by atoms with van der Waals surface area (Å²) in [5.74, 6) is -0.826. The van der Waals surface area contributed by atoms with Gasteiger partial charge in [0.05, 0.1) is 18.2 Å². The zero-order valence-electron chi connectivity index (χ0n) is 18.7. The number of carbonyl (C=O) groups is 2. The Morgan fingerprint density at radius 2 is 1.78 bits per heavy atom. The number of halogens is 1. The smallest absolute Gasteiger partial charge is 0.295 e. The minimum Gasteiger partial charge on any atom is -0.507 e. The SMILES string of the molecule is CCOc1cccc(C(O)=C2C(=O)C(=O)N(CCN(CC)CC)C2c2ccc(I)cc2)c1. The van der Waals surface area contributed by atoms with Gasteiger partial charge < -0.3 is 19.6 Å². The highest BCUT2D eigenvalue weighted by atomic mass is 127. The van der Waals surface area contributed by atoms with Crippen molar-refractivity contribution in [2.75, 3.05) is 32.8 Å². The average molecular weight is 548 g/mol. The van der Waals surface area contributed by atoms with Crippen LogP contribution in [0.25, 0.3) is 5.76 Å². The number of aliphatic hydroxyl groups excluding tert-OH is 1. The van der Waals surface area contributed by atoms with Gasteiger partial charge in [-0.3, -0.25) is 9.59 Å². The lowest BCUT2D eigenvalue weighted by molar-refractivity contribution is -0.140. The van der Waals surface area contributed by atoms with Crippen LogP contribution in [0.5, 0.6) is 5.75 Å². The molecule has 0 saturated carbocycles. The average Bonchev–Trinajstić information content (AvgIpc) is 3.05. The van der Waals surface area contributed by atoms with Crippen LogP contribution in [-0.4, -0.2) is 59.4 Å². The fourth-order valence-corrected chi connectivity index (χ4v) is 4.31. The molecule has 1 heterocycles. The molecule has 1 aliphatic heterocycles. The monoisotopic (exact) mass is 548 g/mol. The fourth-order valence-electron chi connectivity index (χ4n) is 3.95. The molecule has 1 N–H and O–H groups in total. The maximum absolute atomic E-state index is 13.1. The quantitative estimate of drug-likeness (QED) is 0.217. The number of ether oxygens (including phenoxy) is 1. The van der Waals surface area contributed by atoms with Crippen LogP contribution in [0.15, 0.2) is 54.1 Å². The molecule has 2 aromatic carbocycles. The molecular weight excluding hydrogens is 519 g/mol. The number of benzene rings is 2. The van der Waals surface area contributed by atoms with Gasteiger partial charge in [-0.25, -0.2) is 0 Å². The molecular formula is C25H29IN2O4. The van der Waals surface area contributed by atoms with Gasteiger partial charge in [-0.2, -0.15) is 0 Å². The summed E-state index contributed by atoms with van der Waals surface area (Å²) >= 11 is 2.22. The molecule has 3 rings (SSSR count). The molecule has 7 heteroatoms. The lowest BCUT2D eigenvalue weighted by Gasteiger charge is -2.28. The van der Waals surface area contributed by atoms with Gasteiger partial charge in [0.25, 0.3) is 11.7 Å². The molecule has 2 aromatic rings. The minimum absolute atomic E-state index is 0.115. The predicted octanol–water partition coefficient (Wildman–Crippen LogP) is 4.45. The summed E-state index contributed by atoms with van der Waals surface area (Å²) in [5.41, 5.74) is 1.37. The number of likely N-dealkylation sites (N-methyl/N-ethyl adjacent to an activating group) is 1. The van der Waals surface area contributed by atoms with E-state index in [-0.39, 0.29) is 11.3 Å². The Balaban J connectivity index is 2.08. The molecule has 0 radical (unpaired) electrons. The van der Waals surface area contributed by atoms with Crippen LogP contribution in [0.3, 0.4) is 0 Å². The maximum Gasteiger partial charge on any atom is 0.295 e. The van der Waals surface area contributed by atoms with Crippen LogP contribution in [0.4, 0.5) is 0 Å².